The number of carbonyl (C=O) groups is 1. The van der Waals surface area contributed by atoms with Gasteiger partial charge in [0.15, 0.2) is 0 Å². The first kappa shape index (κ1) is 18.6. The molecule has 0 radical (unpaired) electrons. The zero-order valence-corrected chi connectivity index (χ0v) is 15.2. The Morgan fingerprint density at radius 2 is 1.96 bits per heavy atom. The molecule has 2 heterocycles. The van der Waals surface area contributed by atoms with E-state index in [4.69, 9.17) is 4.74 Å². The molecule has 0 unspecified atom stereocenters. The molecule has 1 aromatic heterocycles. The number of aryl methyl sites for hydroxylation is 1. The number of hydrogen-bond donors (Lipinski definition) is 0. The Morgan fingerprint density at radius 1 is 1.23 bits per heavy atom. The van der Waals surface area contributed by atoms with Gasteiger partial charge in [-0.1, -0.05) is 12.1 Å². The molecular formula is C20H26FN3O2. The standard InChI is InChI=1S/C20H26FN3O2/c1-2-24-13-9-19(22-24)20(25)23-11-7-16(8-12-23)10-14-26-15-17-3-5-18(21)6-4-17/h3-6,9,13,16H,2,7-8,10-12,14-15H2,1H3. The molecule has 0 aliphatic carbocycles. The van der Waals surface area contributed by atoms with Crippen molar-refractivity contribution in [1.82, 2.24) is 14.7 Å². The average Bonchev–Trinajstić information content (AvgIpc) is 3.16. The van der Waals surface area contributed by atoms with Crippen molar-refractivity contribution >= 4 is 5.91 Å². The first-order valence-corrected chi connectivity index (χ1v) is 9.30. The van der Waals surface area contributed by atoms with Gasteiger partial charge in [0.2, 0.25) is 0 Å². The summed E-state index contributed by atoms with van der Waals surface area (Å²) >= 11 is 0. The van der Waals surface area contributed by atoms with Gasteiger partial charge in [-0.2, -0.15) is 5.10 Å². The minimum Gasteiger partial charge on any atom is -0.377 e. The lowest BCUT2D eigenvalue weighted by molar-refractivity contribution is 0.0633. The van der Waals surface area contributed by atoms with Gasteiger partial charge in [-0.3, -0.25) is 9.48 Å². The van der Waals surface area contributed by atoms with Crippen LogP contribution >= 0.6 is 0 Å². The molecule has 2 aromatic rings. The molecule has 0 spiro atoms. The zero-order valence-electron chi connectivity index (χ0n) is 15.2. The molecule has 5 nitrogen and oxygen atoms in total. The summed E-state index contributed by atoms with van der Waals surface area (Å²) in [5, 5.41) is 4.30. The summed E-state index contributed by atoms with van der Waals surface area (Å²) in [6.07, 6.45) is 4.84. The van der Waals surface area contributed by atoms with E-state index in [1.54, 1.807) is 22.9 Å². The molecule has 140 valence electrons. The largest absolute Gasteiger partial charge is 0.377 e. The van der Waals surface area contributed by atoms with Crippen LogP contribution in [0.1, 0.15) is 42.2 Å². The number of carbonyl (C=O) groups excluding carboxylic acids is 1. The lowest BCUT2D eigenvalue weighted by Gasteiger charge is -2.31. The summed E-state index contributed by atoms with van der Waals surface area (Å²) in [4.78, 5) is 14.4. The van der Waals surface area contributed by atoms with Crippen molar-refractivity contribution in [2.24, 2.45) is 5.92 Å². The van der Waals surface area contributed by atoms with E-state index in [9.17, 15) is 9.18 Å². The van der Waals surface area contributed by atoms with Gasteiger partial charge in [-0.05, 0) is 55.9 Å². The molecule has 0 saturated carbocycles. The monoisotopic (exact) mass is 359 g/mol. The van der Waals surface area contributed by atoms with Crippen molar-refractivity contribution in [2.45, 2.75) is 39.3 Å². The maximum Gasteiger partial charge on any atom is 0.274 e. The van der Waals surface area contributed by atoms with Crippen molar-refractivity contribution in [3.8, 4) is 0 Å². The molecule has 1 amide bonds. The summed E-state index contributed by atoms with van der Waals surface area (Å²) < 4.78 is 20.3. The van der Waals surface area contributed by atoms with Gasteiger partial charge in [-0.25, -0.2) is 4.39 Å². The second kappa shape index (κ2) is 8.94. The van der Waals surface area contributed by atoms with E-state index in [0.717, 1.165) is 44.5 Å². The number of nitrogens with zero attached hydrogens (tertiary/aromatic N) is 3. The van der Waals surface area contributed by atoms with Crippen LogP contribution in [0.2, 0.25) is 0 Å². The predicted molar refractivity (Wildman–Crippen MR) is 97.2 cm³/mol. The Morgan fingerprint density at radius 3 is 2.62 bits per heavy atom. The van der Waals surface area contributed by atoms with Gasteiger partial charge < -0.3 is 9.64 Å². The van der Waals surface area contributed by atoms with Gasteiger partial charge in [0, 0.05) is 32.4 Å². The van der Waals surface area contributed by atoms with Crippen LogP contribution in [0, 0.1) is 11.7 Å². The van der Waals surface area contributed by atoms with Gasteiger partial charge in [0.05, 0.1) is 6.61 Å². The third-order valence-electron chi connectivity index (χ3n) is 4.94. The van der Waals surface area contributed by atoms with Crippen LogP contribution in [0.3, 0.4) is 0 Å². The minimum absolute atomic E-state index is 0.0307. The molecule has 1 aliphatic heterocycles. The molecule has 0 bridgehead atoms. The number of likely N-dealkylation sites (tertiary alicyclic amines) is 1. The molecular weight excluding hydrogens is 333 g/mol. The van der Waals surface area contributed by atoms with Crippen LogP contribution < -0.4 is 0 Å². The number of amides is 1. The van der Waals surface area contributed by atoms with Crippen LogP contribution in [0.5, 0.6) is 0 Å². The average molecular weight is 359 g/mol. The molecule has 1 aromatic carbocycles. The highest BCUT2D eigenvalue weighted by atomic mass is 19.1. The van der Waals surface area contributed by atoms with Gasteiger partial charge in [0.25, 0.3) is 5.91 Å². The van der Waals surface area contributed by atoms with Crippen LogP contribution in [-0.4, -0.2) is 40.3 Å². The maximum absolute atomic E-state index is 12.9. The Hall–Kier alpha value is -2.21. The van der Waals surface area contributed by atoms with E-state index < -0.39 is 0 Å². The van der Waals surface area contributed by atoms with Crippen molar-refractivity contribution in [3.05, 3.63) is 53.6 Å². The van der Waals surface area contributed by atoms with Crippen molar-refractivity contribution in [1.29, 1.82) is 0 Å². The summed E-state index contributed by atoms with van der Waals surface area (Å²) in [5.74, 6) is 0.389. The first-order chi connectivity index (χ1) is 12.7. The Balaban J connectivity index is 1.35. The number of aromatic nitrogens is 2. The molecule has 3 rings (SSSR count). The summed E-state index contributed by atoms with van der Waals surface area (Å²) in [7, 11) is 0. The summed E-state index contributed by atoms with van der Waals surface area (Å²) in [6, 6.07) is 8.20. The van der Waals surface area contributed by atoms with Crippen LogP contribution in [0.15, 0.2) is 36.5 Å². The second-order valence-electron chi connectivity index (χ2n) is 6.76. The van der Waals surface area contributed by atoms with Crippen molar-refractivity contribution in [3.63, 3.8) is 0 Å². The minimum atomic E-state index is -0.225. The van der Waals surface area contributed by atoms with E-state index in [-0.39, 0.29) is 11.7 Å². The molecule has 6 heteroatoms. The Bertz CT molecular complexity index is 706. The highest BCUT2D eigenvalue weighted by Crippen LogP contribution is 2.22. The van der Waals surface area contributed by atoms with Gasteiger partial charge >= 0.3 is 0 Å². The first-order valence-electron chi connectivity index (χ1n) is 9.30. The number of rotatable bonds is 7. The predicted octanol–water partition coefficient (Wildman–Crippen LogP) is 3.50. The summed E-state index contributed by atoms with van der Waals surface area (Å²) in [6.45, 7) is 5.54. The number of ether oxygens (including phenoxy) is 1. The highest BCUT2D eigenvalue weighted by Gasteiger charge is 2.24. The summed E-state index contributed by atoms with van der Waals surface area (Å²) in [5.41, 5.74) is 1.52. The van der Waals surface area contributed by atoms with E-state index in [2.05, 4.69) is 5.10 Å². The molecule has 1 fully saturated rings. The topological polar surface area (TPSA) is 47.4 Å². The molecule has 1 aliphatic rings. The third-order valence-corrected chi connectivity index (χ3v) is 4.94. The fraction of sp³-hybridized carbons (Fsp3) is 0.500. The second-order valence-corrected chi connectivity index (χ2v) is 6.76. The van der Waals surface area contributed by atoms with Crippen LogP contribution in [0.4, 0.5) is 4.39 Å². The molecule has 26 heavy (non-hydrogen) atoms. The lowest BCUT2D eigenvalue weighted by Crippen LogP contribution is -2.39. The smallest absolute Gasteiger partial charge is 0.274 e. The SMILES string of the molecule is CCn1ccc(C(=O)N2CCC(CCOCc3ccc(F)cc3)CC2)n1. The number of halogens is 1. The third kappa shape index (κ3) is 4.91. The quantitative estimate of drug-likeness (QED) is 0.711. The molecule has 0 N–H and O–H groups in total. The van der Waals surface area contributed by atoms with Crippen LogP contribution in [-0.2, 0) is 17.9 Å². The van der Waals surface area contributed by atoms with E-state index in [1.807, 2.05) is 18.0 Å². The van der Waals surface area contributed by atoms with E-state index in [1.165, 1.54) is 12.1 Å². The zero-order chi connectivity index (χ0) is 18.4. The number of benzene rings is 1. The Labute approximate surface area is 153 Å². The number of hydrogen-bond acceptors (Lipinski definition) is 3. The number of piperidine rings is 1. The fourth-order valence-corrected chi connectivity index (χ4v) is 3.26. The molecule has 0 atom stereocenters. The van der Waals surface area contributed by atoms with Gasteiger partial charge in [-0.15, -0.1) is 0 Å². The van der Waals surface area contributed by atoms with Gasteiger partial charge in [0.1, 0.15) is 11.5 Å². The van der Waals surface area contributed by atoms with E-state index in [0.29, 0.717) is 24.8 Å². The lowest BCUT2D eigenvalue weighted by atomic mass is 9.94. The fourth-order valence-electron chi connectivity index (χ4n) is 3.26. The highest BCUT2D eigenvalue weighted by molar-refractivity contribution is 5.92. The van der Waals surface area contributed by atoms with Crippen molar-refractivity contribution < 1.29 is 13.9 Å². The maximum atomic E-state index is 12.9. The normalized spacial score (nSPS) is 15.4. The van der Waals surface area contributed by atoms with Crippen LogP contribution in [0.25, 0.3) is 0 Å². The Kier molecular flexibility index (Phi) is 6.39. The van der Waals surface area contributed by atoms with E-state index >= 15 is 0 Å². The van der Waals surface area contributed by atoms with Crippen molar-refractivity contribution in [2.75, 3.05) is 19.7 Å². The molecule has 1 saturated heterocycles.